The van der Waals surface area contributed by atoms with Crippen LogP contribution < -0.4 is 0 Å². The standard InChI is InChI=1S/C98H62N8O8/c1-101-79-30-16-28-71(49-79)81-51-74(36-42-87(81)106-90-45-39-77(97(109)113-60-65-21-10-4-11-22-65)54-84(90)85-55-78(40-46-91(85)106)98(110)114-61-66-23-12-5-13-24-66)94-103-92(72-29-15-26-69(48-72)68-33-31-62(56-99)32-34-68)102-93(104-94)73-35-41-86(80(50-73)70-27-14-25-67(47-70)57-100)105-88-43-37-75(95(107)111-58-63-17-6-2-7-18-63)52-82(88)83-53-76(38-44-89(83)105)96(108)112-59-64-19-8-3-9-20-64/h2-55H,58-61H2. The number of nitrogens with zero attached hydrogens (tertiary/aromatic N) is 8. The van der Waals surface area contributed by atoms with E-state index in [4.69, 9.17) is 40.5 Å². The Morgan fingerprint density at radius 3 is 1.02 bits per heavy atom. The van der Waals surface area contributed by atoms with E-state index in [1.807, 2.05) is 255 Å². The highest BCUT2D eigenvalue weighted by Crippen LogP contribution is 2.43. The summed E-state index contributed by atoms with van der Waals surface area (Å²) >= 11 is 0. The largest absolute Gasteiger partial charge is 0.457 e. The van der Waals surface area contributed by atoms with E-state index in [2.05, 4.69) is 26.1 Å². The van der Waals surface area contributed by atoms with Crippen LogP contribution in [0.4, 0.5) is 5.69 Å². The predicted octanol–water partition coefficient (Wildman–Crippen LogP) is 21.8. The molecule has 0 bridgehead atoms. The second-order valence-electron chi connectivity index (χ2n) is 27.2. The van der Waals surface area contributed by atoms with Gasteiger partial charge in [0, 0.05) is 49.4 Å². The number of carbonyl (C=O) groups is 4. The number of carbonyl (C=O) groups excluding carboxylic acids is 4. The van der Waals surface area contributed by atoms with Crippen molar-refractivity contribution >= 4 is 73.2 Å². The van der Waals surface area contributed by atoms with Crippen molar-refractivity contribution in [1.29, 1.82) is 10.5 Å². The summed E-state index contributed by atoms with van der Waals surface area (Å²) in [7, 11) is 0. The topological polar surface area (TPSA) is 206 Å². The van der Waals surface area contributed by atoms with Crippen molar-refractivity contribution in [2.24, 2.45) is 0 Å². The molecule has 0 saturated carbocycles. The average molecular weight is 1480 g/mol. The molecule has 17 aromatic rings. The molecule has 0 atom stereocenters. The molecule has 0 saturated heterocycles. The van der Waals surface area contributed by atoms with Gasteiger partial charge in [-0.25, -0.2) is 39.0 Å². The maximum absolute atomic E-state index is 14.1. The van der Waals surface area contributed by atoms with Crippen molar-refractivity contribution in [3.05, 3.63) is 395 Å². The molecule has 0 spiro atoms. The molecule has 0 aliphatic heterocycles. The molecular weight excluding hydrogens is 1420 g/mol. The van der Waals surface area contributed by atoms with Crippen LogP contribution in [0.1, 0.15) is 74.8 Å². The van der Waals surface area contributed by atoms with Crippen LogP contribution in [0.25, 0.3) is 127 Å². The number of hydrogen-bond donors (Lipinski definition) is 0. The summed E-state index contributed by atoms with van der Waals surface area (Å²) in [5.74, 6) is -1.26. The molecule has 0 N–H and O–H groups in total. The van der Waals surface area contributed by atoms with Gasteiger partial charge in [-0.1, -0.05) is 182 Å². The molecule has 0 fully saturated rings. The van der Waals surface area contributed by atoms with E-state index in [1.165, 1.54) is 0 Å². The molecule has 0 aliphatic rings. The SMILES string of the molecule is [C-]#[N+]c1cccc(-c2cc(-c3nc(-c4cccc(-c5ccc(C#N)cc5)c4)nc(-c4ccc(-n5c6ccc(C(=O)OCc7ccccc7)cc6c6cc(C(=O)OCc7ccccc7)ccc65)c(-c5cccc(C#N)c5)c4)n3)ccc2-n2c3ccc(C(=O)OCc4ccccc4)cc3c3cc(C(=O)OCc4ccccc4)ccc32)c1. The van der Waals surface area contributed by atoms with Crippen LogP contribution in [0.15, 0.2) is 328 Å². The van der Waals surface area contributed by atoms with Gasteiger partial charge in [-0.15, -0.1) is 0 Å². The first-order valence-electron chi connectivity index (χ1n) is 36.6. The molecule has 16 nitrogen and oxygen atoms in total. The molecule has 0 radical (unpaired) electrons. The fourth-order valence-corrected chi connectivity index (χ4v) is 14.3. The number of benzene rings is 14. The molecule has 0 unspecified atom stereocenters. The van der Waals surface area contributed by atoms with Crippen molar-refractivity contribution in [3.63, 3.8) is 0 Å². The van der Waals surface area contributed by atoms with E-state index in [0.29, 0.717) is 139 Å². The zero-order valence-corrected chi connectivity index (χ0v) is 60.8. The Hall–Kier alpha value is -16.0. The minimum atomic E-state index is -0.536. The van der Waals surface area contributed by atoms with Gasteiger partial charge in [-0.05, 0) is 190 Å². The quantitative estimate of drug-likeness (QED) is 0.0396. The second-order valence-corrected chi connectivity index (χ2v) is 27.2. The summed E-state index contributed by atoms with van der Waals surface area (Å²) in [5, 5.41) is 22.9. The van der Waals surface area contributed by atoms with Gasteiger partial charge in [-0.3, -0.25) is 0 Å². The minimum absolute atomic E-state index is 0.0548. The lowest BCUT2D eigenvalue weighted by Crippen LogP contribution is -2.05. The van der Waals surface area contributed by atoms with E-state index in [1.54, 1.807) is 72.8 Å². The summed E-state index contributed by atoms with van der Waals surface area (Å²) in [5.41, 5.74) is 16.1. The van der Waals surface area contributed by atoms with Crippen LogP contribution in [-0.4, -0.2) is 48.0 Å². The molecule has 0 aliphatic carbocycles. The van der Waals surface area contributed by atoms with E-state index >= 15 is 0 Å². The zero-order valence-electron chi connectivity index (χ0n) is 60.8. The van der Waals surface area contributed by atoms with E-state index in [-0.39, 0.29) is 38.1 Å². The first-order chi connectivity index (χ1) is 56.0. The van der Waals surface area contributed by atoms with Gasteiger partial charge >= 0.3 is 23.9 Å². The fourth-order valence-electron chi connectivity index (χ4n) is 14.3. The predicted molar refractivity (Wildman–Crippen MR) is 439 cm³/mol. The third-order valence-electron chi connectivity index (χ3n) is 20.0. The number of nitriles is 2. The number of rotatable bonds is 20. The Bertz CT molecular complexity index is 6220. The van der Waals surface area contributed by atoms with Gasteiger partial charge in [0.2, 0.25) is 0 Å². The average Bonchev–Trinajstić information content (AvgIpc) is 1.57. The molecule has 14 aromatic carbocycles. The van der Waals surface area contributed by atoms with Crippen LogP contribution in [-0.2, 0) is 45.4 Å². The summed E-state index contributed by atoms with van der Waals surface area (Å²) in [6.07, 6.45) is 0. The van der Waals surface area contributed by atoms with Crippen molar-refractivity contribution in [3.8, 4) is 91.1 Å². The highest BCUT2D eigenvalue weighted by molar-refractivity contribution is 6.15. The van der Waals surface area contributed by atoms with Crippen molar-refractivity contribution < 1.29 is 38.1 Å². The van der Waals surface area contributed by atoms with Gasteiger partial charge in [0.15, 0.2) is 23.2 Å². The third-order valence-corrected chi connectivity index (χ3v) is 20.0. The second kappa shape index (κ2) is 31.3. The van der Waals surface area contributed by atoms with Crippen LogP contribution in [0.5, 0.6) is 0 Å². The third kappa shape index (κ3) is 14.6. The van der Waals surface area contributed by atoms with Crippen molar-refractivity contribution in [1.82, 2.24) is 24.1 Å². The Morgan fingerprint density at radius 2 is 0.640 bits per heavy atom. The molecule has 17 rings (SSSR count). The van der Waals surface area contributed by atoms with Gasteiger partial charge in [0.25, 0.3) is 0 Å². The molecule has 3 heterocycles. The number of hydrogen-bond acceptors (Lipinski definition) is 13. The summed E-state index contributed by atoms with van der Waals surface area (Å²) in [6, 6.07) is 105. The lowest BCUT2D eigenvalue weighted by Gasteiger charge is -2.17. The van der Waals surface area contributed by atoms with Crippen LogP contribution in [0.2, 0.25) is 0 Å². The number of ether oxygens (including phenoxy) is 4. The van der Waals surface area contributed by atoms with Crippen molar-refractivity contribution in [2.45, 2.75) is 26.4 Å². The number of fused-ring (bicyclic) bond motifs is 6. The fraction of sp³-hybridized carbons (Fsp3) is 0.0408. The molecule has 3 aromatic heterocycles. The first kappa shape index (κ1) is 71.0. The van der Waals surface area contributed by atoms with Gasteiger partial charge < -0.3 is 28.1 Å². The van der Waals surface area contributed by atoms with Gasteiger partial charge in [0.1, 0.15) is 26.4 Å². The maximum Gasteiger partial charge on any atom is 0.338 e. The van der Waals surface area contributed by atoms with Gasteiger partial charge in [-0.2, -0.15) is 10.5 Å². The molecule has 0 amide bonds. The first-order valence-corrected chi connectivity index (χ1v) is 36.6. The van der Waals surface area contributed by atoms with E-state index in [9.17, 15) is 29.7 Å². The number of esters is 4. The Kier molecular flexibility index (Phi) is 19.5. The smallest absolute Gasteiger partial charge is 0.338 e. The Morgan fingerprint density at radius 1 is 0.307 bits per heavy atom. The highest BCUT2D eigenvalue weighted by Gasteiger charge is 2.26. The summed E-state index contributed by atoms with van der Waals surface area (Å²) < 4.78 is 27.7. The maximum atomic E-state index is 14.1. The van der Waals surface area contributed by atoms with E-state index < -0.39 is 23.9 Å². The Balaban J connectivity index is 0.840. The minimum Gasteiger partial charge on any atom is -0.457 e. The van der Waals surface area contributed by atoms with Crippen LogP contribution >= 0.6 is 0 Å². The molecule has 114 heavy (non-hydrogen) atoms. The number of aromatic nitrogens is 5. The monoisotopic (exact) mass is 1480 g/mol. The van der Waals surface area contributed by atoms with E-state index in [0.717, 1.165) is 33.4 Å². The molecular formula is C98H62N8O8. The molecule has 16 heteroatoms. The van der Waals surface area contributed by atoms with Crippen LogP contribution in [0, 0.1) is 29.2 Å². The van der Waals surface area contributed by atoms with Crippen molar-refractivity contribution in [2.75, 3.05) is 0 Å². The Labute approximate surface area is 654 Å². The normalized spacial score (nSPS) is 11.1. The summed E-state index contributed by atoms with van der Waals surface area (Å²) in [6.45, 7) is 8.46. The van der Waals surface area contributed by atoms with Crippen LogP contribution in [0.3, 0.4) is 0 Å². The highest BCUT2D eigenvalue weighted by atomic mass is 16.5. The summed E-state index contributed by atoms with van der Waals surface area (Å²) in [4.78, 5) is 76.3. The lowest BCUT2D eigenvalue weighted by molar-refractivity contribution is 0.0464. The van der Waals surface area contributed by atoms with Gasteiger partial charge in [0.05, 0.1) is 85.5 Å². The molecule has 542 valence electrons. The zero-order chi connectivity index (χ0) is 77.6. The lowest BCUT2D eigenvalue weighted by atomic mass is 9.98.